The second-order valence-corrected chi connectivity index (χ2v) is 4.84. The van der Waals surface area contributed by atoms with Crippen molar-refractivity contribution in [3.05, 3.63) is 46.8 Å². The molecule has 0 unspecified atom stereocenters. The first-order chi connectivity index (χ1) is 9.15. The lowest BCUT2D eigenvalue weighted by atomic mass is 10.2. The molecular formula is C14H15BrN2O2. The summed E-state index contributed by atoms with van der Waals surface area (Å²) in [6.45, 7) is 2.62. The van der Waals surface area contributed by atoms with Gasteiger partial charge in [0.25, 0.3) is 5.91 Å². The Morgan fingerprint density at radius 3 is 2.68 bits per heavy atom. The minimum atomic E-state index is -0.125. The van der Waals surface area contributed by atoms with Gasteiger partial charge in [0.05, 0.1) is 23.2 Å². The molecular weight excluding hydrogens is 308 g/mol. The molecule has 0 saturated heterocycles. The number of carbonyl (C=O) groups is 1. The van der Waals surface area contributed by atoms with E-state index < -0.39 is 0 Å². The number of furan rings is 1. The molecule has 100 valence electrons. The summed E-state index contributed by atoms with van der Waals surface area (Å²) < 4.78 is 5.56. The first-order valence-electron chi connectivity index (χ1n) is 6.04. The van der Waals surface area contributed by atoms with Crippen LogP contribution in [-0.2, 0) is 0 Å². The molecule has 0 atom stereocenters. The van der Waals surface area contributed by atoms with Gasteiger partial charge in [-0.3, -0.25) is 4.79 Å². The number of amides is 1. The molecule has 0 spiro atoms. The van der Waals surface area contributed by atoms with E-state index in [1.54, 1.807) is 17.0 Å². The van der Waals surface area contributed by atoms with E-state index in [9.17, 15) is 4.79 Å². The van der Waals surface area contributed by atoms with E-state index in [1.165, 1.54) is 6.26 Å². The molecule has 0 radical (unpaired) electrons. The van der Waals surface area contributed by atoms with Crippen molar-refractivity contribution < 1.29 is 9.21 Å². The van der Waals surface area contributed by atoms with E-state index in [2.05, 4.69) is 15.9 Å². The Labute approximate surface area is 120 Å². The van der Waals surface area contributed by atoms with Crippen LogP contribution < -0.4 is 10.6 Å². The largest absolute Gasteiger partial charge is 0.457 e. The molecule has 0 aliphatic heterocycles. The van der Waals surface area contributed by atoms with Gasteiger partial charge in [0.15, 0.2) is 4.67 Å². The van der Waals surface area contributed by atoms with Crippen molar-refractivity contribution in [2.45, 2.75) is 13.3 Å². The molecule has 0 saturated carbocycles. The zero-order valence-electron chi connectivity index (χ0n) is 10.6. The summed E-state index contributed by atoms with van der Waals surface area (Å²) in [7, 11) is 0. The van der Waals surface area contributed by atoms with Gasteiger partial charge in [-0.05, 0) is 40.5 Å². The predicted molar refractivity (Wildman–Crippen MR) is 79.2 cm³/mol. The number of hydrogen-bond acceptors (Lipinski definition) is 3. The molecule has 1 heterocycles. The third-order valence-electron chi connectivity index (χ3n) is 2.77. The minimum Gasteiger partial charge on any atom is -0.457 e. The van der Waals surface area contributed by atoms with Crippen molar-refractivity contribution in [1.29, 1.82) is 0 Å². The molecule has 4 nitrogen and oxygen atoms in total. The van der Waals surface area contributed by atoms with Crippen LogP contribution in [0.3, 0.4) is 0 Å². The number of para-hydroxylation sites is 2. The fourth-order valence-electron chi connectivity index (χ4n) is 1.88. The zero-order valence-corrected chi connectivity index (χ0v) is 12.2. The van der Waals surface area contributed by atoms with Gasteiger partial charge in [0, 0.05) is 6.54 Å². The fourth-order valence-corrected chi connectivity index (χ4v) is 2.29. The monoisotopic (exact) mass is 322 g/mol. The molecule has 0 aliphatic carbocycles. The molecule has 0 bridgehead atoms. The minimum absolute atomic E-state index is 0.125. The highest BCUT2D eigenvalue weighted by Gasteiger charge is 2.22. The highest BCUT2D eigenvalue weighted by Crippen LogP contribution is 2.27. The van der Waals surface area contributed by atoms with Gasteiger partial charge in [-0.15, -0.1) is 0 Å². The van der Waals surface area contributed by atoms with Crippen LogP contribution in [0.2, 0.25) is 0 Å². The van der Waals surface area contributed by atoms with Gasteiger partial charge in [0.2, 0.25) is 0 Å². The van der Waals surface area contributed by atoms with E-state index in [0.29, 0.717) is 22.5 Å². The first-order valence-corrected chi connectivity index (χ1v) is 6.83. The summed E-state index contributed by atoms with van der Waals surface area (Å²) in [6, 6.07) is 8.99. The Morgan fingerprint density at radius 2 is 2.11 bits per heavy atom. The van der Waals surface area contributed by atoms with E-state index in [0.717, 1.165) is 12.1 Å². The van der Waals surface area contributed by atoms with Gasteiger partial charge < -0.3 is 15.1 Å². The Balaban J connectivity index is 2.39. The van der Waals surface area contributed by atoms with E-state index in [4.69, 9.17) is 10.2 Å². The molecule has 19 heavy (non-hydrogen) atoms. The molecule has 5 heteroatoms. The van der Waals surface area contributed by atoms with Crippen LogP contribution in [0.4, 0.5) is 11.4 Å². The van der Waals surface area contributed by atoms with Crippen molar-refractivity contribution in [1.82, 2.24) is 0 Å². The van der Waals surface area contributed by atoms with Crippen LogP contribution >= 0.6 is 15.9 Å². The SMILES string of the molecule is CCCN(C(=O)c1ccoc1Br)c1ccccc1N. The lowest BCUT2D eigenvalue weighted by Gasteiger charge is -2.23. The van der Waals surface area contributed by atoms with Crippen molar-refractivity contribution >= 4 is 33.2 Å². The number of benzene rings is 1. The predicted octanol–water partition coefficient (Wildman–Crippen LogP) is 3.68. The smallest absolute Gasteiger partial charge is 0.262 e. The van der Waals surface area contributed by atoms with Gasteiger partial charge in [0.1, 0.15) is 0 Å². The van der Waals surface area contributed by atoms with Gasteiger partial charge in [-0.1, -0.05) is 19.1 Å². The van der Waals surface area contributed by atoms with Crippen molar-refractivity contribution in [3.63, 3.8) is 0 Å². The van der Waals surface area contributed by atoms with Gasteiger partial charge in [-0.25, -0.2) is 0 Å². The van der Waals surface area contributed by atoms with Crippen molar-refractivity contribution in [2.24, 2.45) is 0 Å². The summed E-state index contributed by atoms with van der Waals surface area (Å²) in [5.41, 5.74) is 7.76. The first kappa shape index (κ1) is 13.7. The lowest BCUT2D eigenvalue weighted by molar-refractivity contribution is 0.0985. The number of rotatable bonds is 4. The molecule has 0 fully saturated rings. The molecule has 2 aromatic rings. The number of carbonyl (C=O) groups excluding carboxylic acids is 1. The number of nitrogen functional groups attached to an aromatic ring is 1. The van der Waals surface area contributed by atoms with Crippen molar-refractivity contribution in [3.8, 4) is 0 Å². The molecule has 1 amide bonds. The lowest BCUT2D eigenvalue weighted by Crippen LogP contribution is -2.32. The third-order valence-corrected chi connectivity index (χ3v) is 3.38. The van der Waals surface area contributed by atoms with Crippen LogP contribution in [0.25, 0.3) is 0 Å². The summed E-state index contributed by atoms with van der Waals surface area (Å²) in [5.74, 6) is -0.125. The van der Waals surface area contributed by atoms with Crippen LogP contribution in [0, 0.1) is 0 Å². The number of halogens is 1. The van der Waals surface area contributed by atoms with Crippen LogP contribution in [0.15, 0.2) is 45.7 Å². The zero-order chi connectivity index (χ0) is 13.8. The van der Waals surface area contributed by atoms with E-state index >= 15 is 0 Å². The summed E-state index contributed by atoms with van der Waals surface area (Å²) in [6.07, 6.45) is 2.32. The highest BCUT2D eigenvalue weighted by molar-refractivity contribution is 9.10. The maximum atomic E-state index is 12.5. The van der Waals surface area contributed by atoms with Crippen LogP contribution in [0.5, 0.6) is 0 Å². The Bertz CT molecular complexity index is 580. The second-order valence-electron chi connectivity index (χ2n) is 4.12. The Hall–Kier alpha value is -1.75. The summed E-state index contributed by atoms with van der Waals surface area (Å²) in [5, 5.41) is 0. The number of anilines is 2. The number of hydrogen-bond donors (Lipinski definition) is 1. The average Bonchev–Trinajstić information content (AvgIpc) is 2.82. The average molecular weight is 323 g/mol. The molecule has 1 aromatic heterocycles. The Morgan fingerprint density at radius 1 is 1.37 bits per heavy atom. The number of nitrogens with two attached hydrogens (primary N) is 1. The fraction of sp³-hybridized carbons (Fsp3) is 0.214. The van der Waals surface area contributed by atoms with Crippen molar-refractivity contribution in [2.75, 3.05) is 17.2 Å². The van der Waals surface area contributed by atoms with Crippen LogP contribution in [0.1, 0.15) is 23.7 Å². The third kappa shape index (κ3) is 2.81. The molecule has 2 rings (SSSR count). The maximum absolute atomic E-state index is 12.5. The normalized spacial score (nSPS) is 10.4. The van der Waals surface area contributed by atoms with Gasteiger partial charge >= 0.3 is 0 Å². The molecule has 0 aliphatic rings. The molecule has 1 aromatic carbocycles. The topological polar surface area (TPSA) is 59.5 Å². The van der Waals surface area contributed by atoms with E-state index in [-0.39, 0.29) is 5.91 Å². The number of nitrogens with zero attached hydrogens (tertiary/aromatic N) is 1. The summed E-state index contributed by atoms with van der Waals surface area (Å²) >= 11 is 3.23. The van der Waals surface area contributed by atoms with Gasteiger partial charge in [-0.2, -0.15) is 0 Å². The Kier molecular flexibility index (Phi) is 4.27. The highest BCUT2D eigenvalue weighted by atomic mass is 79.9. The quantitative estimate of drug-likeness (QED) is 0.873. The molecule has 2 N–H and O–H groups in total. The second kappa shape index (κ2) is 5.93. The standard InChI is InChI=1S/C14H15BrN2O2/c1-2-8-17(12-6-4-3-5-11(12)16)14(18)10-7-9-19-13(10)15/h3-7,9H,2,8,16H2,1H3. The van der Waals surface area contributed by atoms with E-state index in [1.807, 2.05) is 25.1 Å². The maximum Gasteiger partial charge on any atom is 0.262 e. The summed E-state index contributed by atoms with van der Waals surface area (Å²) in [4.78, 5) is 14.2. The van der Waals surface area contributed by atoms with Crippen LogP contribution in [-0.4, -0.2) is 12.5 Å².